The first-order valence-corrected chi connectivity index (χ1v) is 12.7. The average Bonchev–Trinajstić information content (AvgIpc) is 3.50. The Bertz CT molecular complexity index is 1490. The predicted molar refractivity (Wildman–Crippen MR) is 133 cm³/mol. The number of rotatable bonds is 5. The quantitative estimate of drug-likeness (QED) is 0.365. The van der Waals surface area contributed by atoms with Gasteiger partial charge in [-0.25, -0.2) is 13.9 Å². The zero-order chi connectivity index (χ0) is 24.7. The van der Waals surface area contributed by atoms with Crippen molar-refractivity contribution in [2.45, 2.75) is 33.1 Å². The fourth-order valence-corrected chi connectivity index (χ4v) is 6.68. The molecule has 178 valence electrons. The van der Waals surface area contributed by atoms with Crippen molar-refractivity contribution in [2.75, 3.05) is 11.9 Å². The van der Waals surface area contributed by atoms with Gasteiger partial charge in [-0.05, 0) is 68.0 Å². The molecule has 1 aliphatic carbocycles. The minimum absolute atomic E-state index is 0.336. The number of hydrogen-bond acceptors (Lipinski definition) is 7. The molecule has 0 bridgehead atoms. The molecule has 0 saturated carbocycles. The number of nitriles is 1. The summed E-state index contributed by atoms with van der Waals surface area (Å²) in [5, 5.41) is 18.1. The fourth-order valence-electron chi connectivity index (χ4n) is 4.23. The molecule has 1 aliphatic rings. The van der Waals surface area contributed by atoms with Gasteiger partial charge in [0.25, 0.3) is 5.91 Å². The maximum atomic E-state index is 13.3. The first-order chi connectivity index (χ1) is 16.8. The Labute approximate surface area is 208 Å². The Morgan fingerprint density at radius 3 is 2.83 bits per heavy atom. The van der Waals surface area contributed by atoms with Gasteiger partial charge in [0.15, 0.2) is 6.61 Å². The Morgan fingerprint density at radius 1 is 1.31 bits per heavy atom. The van der Waals surface area contributed by atoms with Crippen molar-refractivity contribution in [3.05, 3.63) is 62.7 Å². The zero-order valence-corrected chi connectivity index (χ0v) is 20.7. The van der Waals surface area contributed by atoms with Crippen LogP contribution in [0.4, 0.5) is 9.39 Å². The molecule has 5 rings (SSSR count). The van der Waals surface area contributed by atoms with Gasteiger partial charge in [-0.15, -0.1) is 22.7 Å². The summed E-state index contributed by atoms with van der Waals surface area (Å²) in [5.74, 6) is -0.901. The molecular formula is C25H21FN4O3S2. The van der Waals surface area contributed by atoms with Gasteiger partial charge in [-0.2, -0.15) is 10.4 Å². The van der Waals surface area contributed by atoms with E-state index in [2.05, 4.69) is 23.4 Å². The highest BCUT2D eigenvalue weighted by molar-refractivity contribution is 7.20. The lowest BCUT2D eigenvalue weighted by atomic mass is 9.89. The molecule has 35 heavy (non-hydrogen) atoms. The Balaban J connectivity index is 1.28. The van der Waals surface area contributed by atoms with Crippen LogP contribution in [0.15, 0.2) is 30.3 Å². The van der Waals surface area contributed by atoms with Crippen molar-refractivity contribution < 1.29 is 18.7 Å². The third kappa shape index (κ3) is 4.45. The van der Waals surface area contributed by atoms with E-state index < -0.39 is 18.5 Å². The van der Waals surface area contributed by atoms with Crippen molar-refractivity contribution in [2.24, 2.45) is 5.92 Å². The maximum Gasteiger partial charge on any atom is 0.348 e. The first-order valence-electron chi connectivity index (χ1n) is 11.1. The van der Waals surface area contributed by atoms with Crippen molar-refractivity contribution >= 4 is 49.8 Å². The number of carbonyl (C=O) groups excluding carboxylic acids is 2. The van der Waals surface area contributed by atoms with E-state index in [1.165, 1.54) is 34.8 Å². The monoisotopic (exact) mass is 508 g/mol. The van der Waals surface area contributed by atoms with Crippen LogP contribution in [0.5, 0.6) is 0 Å². The molecule has 0 radical (unpaired) electrons. The summed E-state index contributed by atoms with van der Waals surface area (Å²) in [6, 6.07) is 9.82. The molecule has 1 atom stereocenters. The molecule has 1 N–H and O–H groups in total. The van der Waals surface area contributed by atoms with Crippen LogP contribution in [0.1, 0.15) is 44.7 Å². The molecule has 3 heterocycles. The minimum Gasteiger partial charge on any atom is -0.451 e. The molecule has 7 nitrogen and oxygen atoms in total. The summed E-state index contributed by atoms with van der Waals surface area (Å²) in [6.07, 6.45) is 2.76. The molecule has 0 unspecified atom stereocenters. The van der Waals surface area contributed by atoms with Gasteiger partial charge >= 0.3 is 5.97 Å². The number of esters is 1. The molecule has 3 aromatic heterocycles. The second kappa shape index (κ2) is 9.24. The van der Waals surface area contributed by atoms with Crippen LogP contribution >= 0.6 is 22.7 Å². The van der Waals surface area contributed by atoms with Crippen LogP contribution in [-0.4, -0.2) is 28.3 Å². The molecule has 4 aromatic rings. The molecule has 1 amide bonds. The number of aromatic nitrogens is 2. The molecule has 0 saturated heterocycles. The average molecular weight is 509 g/mol. The molecule has 1 aromatic carbocycles. The second-order valence-corrected chi connectivity index (χ2v) is 10.7. The summed E-state index contributed by atoms with van der Waals surface area (Å²) in [6.45, 7) is 3.55. The number of aryl methyl sites for hydroxylation is 1. The number of hydrogen-bond donors (Lipinski definition) is 1. The summed E-state index contributed by atoms with van der Waals surface area (Å²) < 4.78 is 20.2. The van der Waals surface area contributed by atoms with Crippen LogP contribution < -0.4 is 5.32 Å². The van der Waals surface area contributed by atoms with E-state index in [9.17, 15) is 19.2 Å². The lowest BCUT2D eigenvalue weighted by molar-refractivity contribution is -0.119. The van der Waals surface area contributed by atoms with Gasteiger partial charge in [0.2, 0.25) is 0 Å². The standard InChI is InChI=1S/C25H21FN4O3S2/c1-13-3-8-17-19(11-27)23(34-20(17)9-13)28-22(31)12-33-25(32)21-10-18-14(2)29-30(24(18)35-21)16-6-4-15(26)5-7-16/h4-7,10,13H,3,8-9,12H2,1-2H3,(H,28,31)/t13-/m1/s1. The summed E-state index contributed by atoms with van der Waals surface area (Å²) >= 11 is 2.62. The molecule has 0 fully saturated rings. The number of thiophene rings is 2. The zero-order valence-electron chi connectivity index (χ0n) is 19.1. The predicted octanol–water partition coefficient (Wildman–Crippen LogP) is 5.39. The second-order valence-electron chi connectivity index (χ2n) is 8.60. The van der Waals surface area contributed by atoms with Crippen LogP contribution in [0.25, 0.3) is 15.9 Å². The van der Waals surface area contributed by atoms with Gasteiger partial charge < -0.3 is 10.1 Å². The van der Waals surface area contributed by atoms with Gasteiger partial charge in [0.05, 0.1) is 16.9 Å². The van der Waals surface area contributed by atoms with E-state index in [0.717, 1.165) is 45.6 Å². The number of amides is 1. The highest BCUT2D eigenvalue weighted by atomic mass is 32.1. The number of benzene rings is 1. The molecule has 0 aliphatic heterocycles. The number of carbonyl (C=O) groups is 2. The Hall–Kier alpha value is -3.55. The van der Waals surface area contributed by atoms with Gasteiger partial charge in [0, 0.05) is 10.3 Å². The van der Waals surface area contributed by atoms with Crippen LogP contribution in [0.2, 0.25) is 0 Å². The van der Waals surface area contributed by atoms with Crippen molar-refractivity contribution in [3.8, 4) is 11.8 Å². The van der Waals surface area contributed by atoms with E-state index in [0.29, 0.717) is 27.0 Å². The van der Waals surface area contributed by atoms with Crippen molar-refractivity contribution in [3.63, 3.8) is 0 Å². The normalized spacial score (nSPS) is 15.0. The lowest BCUT2D eigenvalue weighted by Gasteiger charge is -2.17. The third-order valence-electron chi connectivity index (χ3n) is 6.03. The number of ether oxygens (including phenoxy) is 1. The van der Waals surface area contributed by atoms with Crippen molar-refractivity contribution in [1.29, 1.82) is 5.26 Å². The molecule has 10 heteroatoms. The largest absolute Gasteiger partial charge is 0.451 e. The highest BCUT2D eigenvalue weighted by Gasteiger charge is 2.25. The Morgan fingerprint density at radius 2 is 2.09 bits per heavy atom. The topological polar surface area (TPSA) is 97.0 Å². The summed E-state index contributed by atoms with van der Waals surface area (Å²) in [7, 11) is 0. The van der Waals surface area contributed by atoms with Crippen LogP contribution in [0.3, 0.4) is 0 Å². The van der Waals surface area contributed by atoms with E-state index in [1.807, 2.05) is 6.92 Å². The van der Waals surface area contributed by atoms with E-state index in [4.69, 9.17) is 4.74 Å². The minimum atomic E-state index is -0.619. The number of anilines is 1. The van der Waals surface area contributed by atoms with Gasteiger partial charge in [-0.1, -0.05) is 6.92 Å². The van der Waals surface area contributed by atoms with Gasteiger partial charge in [0.1, 0.15) is 26.6 Å². The van der Waals surface area contributed by atoms with Gasteiger partial charge in [-0.3, -0.25) is 4.79 Å². The molecule has 0 spiro atoms. The Kier molecular flexibility index (Phi) is 6.13. The number of fused-ring (bicyclic) bond motifs is 2. The fraction of sp³-hybridized carbons (Fsp3) is 0.280. The first kappa shape index (κ1) is 23.2. The highest BCUT2D eigenvalue weighted by Crippen LogP contribution is 2.39. The van der Waals surface area contributed by atoms with E-state index in [-0.39, 0.29) is 5.82 Å². The van der Waals surface area contributed by atoms with E-state index in [1.54, 1.807) is 22.9 Å². The summed E-state index contributed by atoms with van der Waals surface area (Å²) in [4.78, 5) is 27.4. The van der Waals surface area contributed by atoms with Crippen LogP contribution in [0, 0.1) is 30.0 Å². The SMILES string of the molecule is Cc1nn(-c2ccc(F)cc2)c2sc(C(=O)OCC(=O)Nc3sc4c(c3C#N)CC[C@@H](C)C4)cc12. The smallest absolute Gasteiger partial charge is 0.348 e. The van der Waals surface area contributed by atoms with Crippen molar-refractivity contribution in [1.82, 2.24) is 9.78 Å². The lowest BCUT2D eigenvalue weighted by Crippen LogP contribution is -2.20. The molecular weight excluding hydrogens is 487 g/mol. The third-order valence-corrected chi connectivity index (χ3v) is 8.29. The number of nitrogens with one attached hydrogen (secondary N) is 1. The number of nitrogens with zero attached hydrogens (tertiary/aromatic N) is 3. The number of halogens is 1. The maximum absolute atomic E-state index is 13.3. The summed E-state index contributed by atoms with van der Waals surface area (Å²) in [5.41, 5.74) is 2.94. The van der Waals surface area contributed by atoms with Crippen LogP contribution in [-0.2, 0) is 22.4 Å². The van der Waals surface area contributed by atoms with E-state index >= 15 is 0 Å².